The Kier molecular flexibility index (Phi) is 4.70. The maximum absolute atomic E-state index is 12.1. The van der Waals surface area contributed by atoms with Crippen molar-refractivity contribution in [1.29, 1.82) is 0 Å². The van der Waals surface area contributed by atoms with Crippen LogP contribution in [-0.2, 0) is 23.8 Å². The molecule has 6 nitrogen and oxygen atoms in total. The molecule has 28 heavy (non-hydrogen) atoms. The molecule has 10 atom stereocenters. The van der Waals surface area contributed by atoms with Gasteiger partial charge in [-0.3, -0.25) is 14.5 Å². The molecule has 0 spiro atoms. The first-order valence-electron chi connectivity index (χ1n) is 11.3. The van der Waals surface area contributed by atoms with Crippen molar-refractivity contribution in [2.24, 2.45) is 23.7 Å². The molecule has 0 saturated carbocycles. The highest BCUT2D eigenvalue weighted by Gasteiger charge is 2.58. The normalized spacial score (nSPS) is 51.5. The second-order valence-electron chi connectivity index (χ2n) is 9.79. The van der Waals surface area contributed by atoms with Crippen molar-refractivity contribution in [1.82, 2.24) is 4.90 Å². The van der Waals surface area contributed by atoms with E-state index in [0.717, 1.165) is 25.8 Å². The number of carbonyl (C=O) groups is 2. The predicted molar refractivity (Wildman–Crippen MR) is 101 cm³/mol. The minimum absolute atomic E-state index is 0.0234. The molecule has 5 heterocycles. The minimum atomic E-state index is -0.157. The van der Waals surface area contributed by atoms with Crippen LogP contribution < -0.4 is 0 Å². The SMILES string of the molecule is C[C@@H]1O[C@H]2[C@H](OC(=O)[C@H]2C)[C@@H]1[C@H]1CCCCN2[C@H]1CC[C@H]2[C@@H]1C[C@H](C)C(=O)O1. The molecule has 0 aromatic carbocycles. The fourth-order valence-corrected chi connectivity index (χ4v) is 6.84. The number of cyclic esters (lactones) is 1. The number of nitrogens with zero attached hydrogens (tertiary/aromatic N) is 1. The molecule has 0 unspecified atom stereocenters. The molecule has 6 heteroatoms. The molecule has 0 aromatic rings. The Balaban J connectivity index is 1.38. The molecule has 5 aliphatic heterocycles. The molecule has 0 aliphatic carbocycles. The van der Waals surface area contributed by atoms with Gasteiger partial charge in [-0.25, -0.2) is 0 Å². The zero-order valence-corrected chi connectivity index (χ0v) is 17.2. The van der Waals surface area contributed by atoms with E-state index in [0.29, 0.717) is 18.0 Å². The smallest absolute Gasteiger partial charge is 0.311 e. The van der Waals surface area contributed by atoms with Gasteiger partial charge in [0.15, 0.2) is 0 Å². The van der Waals surface area contributed by atoms with Crippen LogP contribution in [0.25, 0.3) is 0 Å². The summed E-state index contributed by atoms with van der Waals surface area (Å²) < 4.78 is 17.8. The second kappa shape index (κ2) is 6.98. The largest absolute Gasteiger partial charge is 0.460 e. The lowest BCUT2D eigenvalue weighted by Gasteiger charge is -2.38. The summed E-state index contributed by atoms with van der Waals surface area (Å²) in [6.07, 6.45) is 6.63. The van der Waals surface area contributed by atoms with Gasteiger partial charge in [0.1, 0.15) is 18.3 Å². The summed E-state index contributed by atoms with van der Waals surface area (Å²) in [6, 6.07) is 0.824. The Hall–Kier alpha value is -1.14. The highest BCUT2D eigenvalue weighted by atomic mass is 16.6. The standard InChI is InChI=1S/C22H33NO5/c1-11-10-17(27-21(11)24)16-8-7-15-14(6-4-5-9-23(15)16)18-13(3)26-19-12(2)22(25)28-20(18)19/h11-20H,4-10H2,1-3H3/t11-,12-,13-,14-,15-,16-,17-,18-,19+,20+/m0/s1. The summed E-state index contributed by atoms with van der Waals surface area (Å²) in [4.78, 5) is 26.8. The van der Waals surface area contributed by atoms with Crippen molar-refractivity contribution >= 4 is 11.9 Å². The maximum atomic E-state index is 12.1. The number of rotatable bonds is 2. The Morgan fingerprint density at radius 3 is 2.43 bits per heavy atom. The second-order valence-corrected chi connectivity index (χ2v) is 9.79. The molecule has 0 amide bonds. The zero-order chi connectivity index (χ0) is 19.6. The van der Waals surface area contributed by atoms with Crippen molar-refractivity contribution in [2.45, 2.75) is 95.8 Å². The highest BCUT2D eigenvalue weighted by molar-refractivity contribution is 5.75. The van der Waals surface area contributed by atoms with Gasteiger partial charge in [0, 0.05) is 18.0 Å². The fourth-order valence-electron chi connectivity index (χ4n) is 6.84. The third-order valence-corrected chi connectivity index (χ3v) is 8.22. The van der Waals surface area contributed by atoms with Crippen molar-refractivity contribution in [3.05, 3.63) is 0 Å². The van der Waals surface area contributed by atoms with Gasteiger partial charge in [-0.1, -0.05) is 13.3 Å². The summed E-state index contributed by atoms with van der Waals surface area (Å²) in [5.74, 6) is 0.476. The number of ether oxygens (including phenoxy) is 3. The Bertz CT molecular complexity index is 653. The number of fused-ring (bicyclic) bond motifs is 2. The molecule has 5 saturated heterocycles. The van der Waals surface area contributed by atoms with Crippen LogP contribution in [0.4, 0.5) is 0 Å². The number of esters is 2. The van der Waals surface area contributed by atoms with Gasteiger partial charge >= 0.3 is 11.9 Å². The molecule has 156 valence electrons. The van der Waals surface area contributed by atoms with Gasteiger partial charge in [0.25, 0.3) is 0 Å². The molecule has 0 radical (unpaired) electrons. The molecule has 5 aliphatic rings. The average Bonchev–Trinajstić information content (AvgIpc) is 3.33. The van der Waals surface area contributed by atoms with E-state index in [9.17, 15) is 9.59 Å². The molecule has 0 N–H and O–H groups in total. The van der Waals surface area contributed by atoms with Crippen LogP contribution in [-0.4, -0.2) is 59.9 Å². The number of hydrogen-bond donors (Lipinski definition) is 0. The van der Waals surface area contributed by atoms with E-state index in [-0.39, 0.29) is 54.1 Å². The number of carbonyl (C=O) groups excluding carboxylic acids is 2. The van der Waals surface area contributed by atoms with Gasteiger partial charge in [0.05, 0.1) is 17.9 Å². The summed E-state index contributed by atoms with van der Waals surface area (Å²) >= 11 is 0. The molecule has 0 aromatic heterocycles. The van der Waals surface area contributed by atoms with Crippen LogP contribution in [0.1, 0.15) is 59.3 Å². The Labute approximate surface area is 167 Å². The van der Waals surface area contributed by atoms with Crippen LogP contribution in [0.5, 0.6) is 0 Å². The number of hydrogen-bond acceptors (Lipinski definition) is 6. The highest BCUT2D eigenvalue weighted by Crippen LogP contribution is 2.49. The average molecular weight is 392 g/mol. The lowest BCUT2D eigenvalue weighted by molar-refractivity contribution is -0.147. The van der Waals surface area contributed by atoms with Crippen LogP contribution in [0.15, 0.2) is 0 Å². The van der Waals surface area contributed by atoms with Crippen molar-refractivity contribution in [2.75, 3.05) is 6.54 Å². The third-order valence-electron chi connectivity index (χ3n) is 8.22. The van der Waals surface area contributed by atoms with Gasteiger partial charge in [-0.15, -0.1) is 0 Å². The van der Waals surface area contributed by atoms with E-state index in [1.54, 1.807) is 0 Å². The van der Waals surface area contributed by atoms with E-state index in [2.05, 4.69) is 11.8 Å². The van der Waals surface area contributed by atoms with E-state index in [4.69, 9.17) is 14.2 Å². The molecule has 0 bridgehead atoms. The molecule has 5 fully saturated rings. The predicted octanol–water partition coefficient (Wildman–Crippen LogP) is 2.54. The monoisotopic (exact) mass is 391 g/mol. The van der Waals surface area contributed by atoms with Crippen LogP contribution in [0, 0.1) is 23.7 Å². The summed E-state index contributed by atoms with van der Waals surface area (Å²) in [7, 11) is 0. The topological polar surface area (TPSA) is 65.1 Å². The van der Waals surface area contributed by atoms with Gasteiger partial charge < -0.3 is 14.2 Å². The summed E-state index contributed by atoms with van der Waals surface area (Å²) in [6.45, 7) is 7.15. The first-order chi connectivity index (χ1) is 13.5. The first-order valence-corrected chi connectivity index (χ1v) is 11.3. The van der Waals surface area contributed by atoms with Crippen LogP contribution in [0.3, 0.4) is 0 Å². The van der Waals surface area contributed by atoms with Gasteiger partial charge in [-0.05, 0) is 58.4 Å². The molecule has 5 rings (SSSR count). The van der Waals surface area contributed by atoms with Crippen molar-refractivity contribution in [3.63, 3.8) is 0 Å². The Morgan fingerprint density at radius 2 is 1.68 bits per heavy atom. The van der Waals surface area contributed by atoms with Gasteiger partial charge in [0.2, 0.25) is 0 Å². The summed E-state index contributed by atoms with van der Waals surface area (Å²) in [5.41, 5.74) is 0. The molecular weight excluding hydrogens is 358 g/mol. The van der Waals surface area contributed by atoms with E-state index >= 15 is 0 Å². The zero-order valence-electron chi connectivity index (χ0n) is 17.2. The van der Waals surface area contributed by atoms with Crippen molar-refractivity contribution < 1.29 is 23.8 Å². The van der Waals surface area contributed by atoms with Crippen molar-refractivity contribution in [3.8, 4) is 0 Å². The lowest BCUT2D eigenvalue weighted by atomic mass is 9.76. The van der Waals surface area contributed by atoms with E-state index < -0.39 is 0 Å². The van der Waals surface area contributed by atoms with E-state index in [1.807, 2.05) is 13.8 Å². The first kappa shape index (κ1) is 18.9. The molecular formula is C22H33NO5. The van der Waals surface area contributed by atoms with Gasteiger partial charge in [-0.2, -0.15) is 0 Å². The maximum Gasteiger partial charge on any atom is 0.311 e. The van der Waals surface area contributed by atoms with Crippen LogP contribution >= 0.6 is 0 Å². The minimum Gasteiger partial charge on any atom is -0.460 e. The van der Waals surface area contributed by atoms with E-state index in [1.165, 1.54) is 19.3 Å². The summed E-state index contributed by atoms with van der Waals surface area (Å²) in [5, 5.41) is 0. The van der Waals surface area contributed by atoms with Crippen LogP contribution in [0.2, 0.25) is 0 Å². The third kappa shape index (κ3) is 2.82. The fraction of sp³-hybridized carbons (Fsp3) is 0.909. The quantitative estimate of drug-likeness (QED) is 0.674. The Morgan fingerprint density at radius 1 is 0.893 bits per heavy atom. The lowest BCUT2D eigenvalue weighted by Crippen LogP contribution is -2.48.